The minimum absolute atomic E-state index is 0.985. The number of unbranched alkanes of at least 4 members (excludes halogenated alkanes) is 10. The summed E-state index contributed by atoms with van der Waals surface area (Å²) in [6.45, 7) is 11.4. The largest absolute Gasteiger partial charge is 0.255 e. The second kappa shape index (κ2) is 22.4. The maximum Gasteiger partial charge on any atom is 0.0636 e. The summed E-state index contributed by atoms with van der Waals surface area (Å²) in [5.74, 6) is 0. The van der Waals surface area contributed by atoms with E-state index in [2.05, 4.69) is 77.2 Å². The van der Waals surface area contributed by atoms with Crippen LogP contribution in [0.3, 0.4) is 0 Å². The first kappa shape index (κ1) is 35.0. The van der Waals surface area contributed by atoms with Crippen LogP contribution in [0.25, 0.3) is 0 Å². The molecule has 0 heterocycles. The lowest BCUT2D eigenvalue weighted by atomic mass is 9.96. The zero-order valence-electron chi connectivity index (χ0n) is 27.6. The van der Waals surface area contributed by atoms with E-state index in [4.69, 9.17) is 9.98 Å². The molecule has 2 aromatic carbocycles. The molecule has 0 fully saturated rings. The van der Waals surface area contributed by atoms with Gasteiger partial charge in [-0.15, -0.1) is 0 Å². The quantitative estimate of drug-likeness (QED) is 0.0957. The summed E-state index contributed by atoms with van der Waals surface area (Å²) >= 11 is 0. The van der Waals surface area contributed by atoms with Gasteiger partial charge in [-0.3, -0.25) is 9.98 Å². The average molecular weight is 559 g/mol. The Morgan fingerprint density at radius 1 is 0.488 bits per heavy atom. The van der Waals surface area contributed by atoms with Crippen LogP contribution in [0.1, 0.15) is 160 Å². The molecule has 0 aliphatic rings. The van der Waals surface area contributed by atoms with Gasteiger partial charge in [-0.25, -0.2) is 0 Å². The van der Waals surface area contributed by atoms with Gasteiger partial charge >= 0.3 is 0 Å². The predicted molar refractivity (Wildman–Crippen MR) is 185 cm³/mol. The molecule has 0 bridgehead atoms. The Kier molecular flexibility index (Phi) is 19.1. The normalized spacial score (nSPS) is 12.1. The number of benzene rings is 2. The molecule has 2 heteroatoms. The second-order valence-electron chi connectivity index (χ2n) is 12.1. The fraction of sp³-hybridized carbons (Fsp3) is 0.641. The maximum atomic E-state index is 5.19. The first-order valence-corrected chi connectivity index (χ1v) is 17.5. The van der Waals surface area contributed by atoms with E-state index in [9.17, 15) is 0 Å². The molecule has 0 aliphatic carbocycles. The molecule has 0 unspecified atom stereocenters. The summed E-state index contributed by atoms with van der Waals surface area (Å²) in [5, 5.41) is 0. The molecule has 0 N–H and O–H groups in total. The minimum Gasteiger partial charge on any atom is -0.255 e. The van der Waals surface area contributed by atoms with Crippen molar-refractivity contribution in [3.63, 3.8) is 0 Å². The molecule has 228 valence electrons. The minimum atomic E-state index is 0.985. The molecule has 0 spiro atoms. The third kappa shape index (κ3) is 14.5. The van der Waals surface area contributed by atoms with Gasteiger partial charge in [0.05, 0.1) is 17.1 Å². The van der Waals surface area contributed by atoms with E-state index in [1.165, 1.54) is 144 Å². The van der Waals surface area contributed by atoms with Crippen molar-refractivity contribution in [2.24, 2.45) is 9.98 Å². The molecule has 0 atom stereocenters. The Morgan fingerprint density at radius 3 is 1.39 bits per heavy atom. The van der Waals surface area contributed by atoms with Crippen molar-refractivity contribution < 1.29 is 0 Å². The maximum absolute atomic E-state index is 5.19. The van der Waals surface area contributed by atoms with Gasteiger partial charge in [0.25, 0.3) is 0 Å². The summed E-state index contributed by atoms with van der Waals surface area (Å²) in [5.41, 5.74) is 9.35. The number of aliphatic imine (C=N–C) groups is 2. The second-order valence-corrected chi connectivity index (χ2v) is 12.1. The molecular formula is C39H62N2. The van der Waals surface area contributed by atoms with Crippen LogP contribution >= 0.6 is 0 Å². The highest BCUT2D eigenvalue weighted by atomic mass is 14.8. The third-order valence-electron chi connectivity index (χ3n) is 8.25. The van der Waals surface area contributed by atoms with Gasteiger partial charge in [0, 0.05) is 6.21 Å². The first-order valence-electron chi connectivity index (χ1n) is 17.5. The van der Waals surface area contributed by atoms with Crippen LogP contribution in [0.4, 0.5) is 11.4 Å². The van der Waals surface area contributed by atoms with E-state index in [0.29, 0.717) is 0 Å². The summed E-state index contributed by atoms with van der Waals surface area (Å²) in [4.78, 5) is 10.2. The Bertz CT molecular complexity index is 1020. The summed E-state index contributed by atoms with van der Waals surface area (Å²) in [6.07, 6.45) is 26.8. The lowest BCUT2D eigenvalue weighted by molar-refractivity contribution is 0.693. The third-order valence-corrected chi connectivity index (χ3v) is 8.25. The highest BCUT2D eigenvalue weighted by Crippen LogP contribution is 2.25. The van der Waals surface area contributed by atoms with Crippen molar-refractivity contribution in [2.75, 3.05) is 0 Å². The van der Waals surface area contributed by atoms with Crippen molar-refractivity contribution in [1.29, 1.82) is 0 Å². The molecule has 2 aromatic rings. The van der Waals surface area contributed by atoms with E-state index in [1.54, 1.807) is 0 Å². The molecule has 0 saturated heterocycles. The Balaban J connectivity index is 2.31. The number of aryl methyl sites for hydroxylation is 4. The van der Waals surface area contributed by atoms with E-state index in [1.807, 2.05) is 0 Å². The van der Waals surface area contributed by atoms with Crippen molar-refractivity contribution in [1.82, 2.24) is 0 Å². The molecule has 41 heavy (non-hydrogen) atoms. The fourth-order valence-corrected chi connectivity index (χ4v) is 5.61. The molecule has 0 amide bonds. The van der Waals surface area contributed by atoms with Gasteiger partial charge < -0.3 is 0 Å². The molecule has 2 rings (SSSR count). The molecule has 0 aromatic heterocycles. The van der Waals surface area contributed by atoms with Crippen molar-refractivity contribution >= 4 is 23.3 Å². The zero-order valence-corrected chi connectivity index (χ0v) is 27.6. The molecule has 0 saturated carbocycles. The topological polar surface area (TPSA) is 24.7 Å². The first-order chi connectivity index (χ1) is 20.1. The van der Waals surface area contributed by atoms with Gasteiger partial charge in [-0.1, -0.05) is 111 Å². The predicted octanol–water partition coefficient (Wildman–Crippen LogP) is 12.7. The van der Waals surface area contributed by atoms with Gasteiger partial charge in [0.1, 0.15) is 0 Å². The fourth-order valence-electron chi connectivity index (χ4n) is 5.61. The van der Waals surface area contributed by atoms with Crippen molar-refractivity contribution in [3.05, 3.63) is 58.7 Å². The molecular weight excluding hydrogens is 496 g/mol. The summed E-state index contributed by atoms with van der Waals surface area (Å²) in [6, 6.07) is 13.9. The SMILES string of the molecule is CCCCCC(C=Nc1ccc(CCCCC)c(CCCCC)c1)=Nc1ccc(CCCCC)c(CCCCC)c1. The van der Waals surface area contributed by atoms with E-state index < -0.39 is 0 Å². The average Bonchev–Trinajstić information content (AvgIpc) is 2.98. The van der Waals surface area contributed by atoms with E-state index in [-0.39, 0.29) is 0 Å². The van der Waals surface area contributed by atoms with Gasteiger partial charge in [0.2, 0.25) is 0 Å². The summed E-state index contributed by atoms with van der Waals surface area (Å²) < 4.78 is 0. The summed E-state index contributed by atoms with van der Waals surface area (Å²) in [7, 11) is 0. The molecule has 2 nitrogen and oxygen atoms in total. The number of hydrogen-bond acceptors (Lipinski definition) is 2. The van der Waals surface area contributed by atoms with Crippen molar-refractivity contribution in [3.8, 4) is 0 Å². The smallest absolute Gasteiger partial charge is 0.0636 e. The standard InChI is InChI=1S/C39H62N2/c1-6-11-16-21-33-26-28-37(30-35(33)23-18-13-8-3)40-32-39(25-20-15-10-5)41-38-29-27-34(22-17-12-7-2)36(31-38)24-19-14-9-4/h26-32H,6-25H2,1-5H3. The van der Waals surface area contributed by atoms with Gasteiger partial charge in [0.15, 0.2) is 0 Å². The number of hydrogen-bond donors (Lipinski definition) is 0. The van der Waals surface area contributed by atoms with E-state index >= 15 is 0 Å². The van der Waals surface area contributed by atoms with Gasteiger partial charge in [-0.05, 0) is 111 Å². The van der Waals surface area contributed by atoms with Crippen LogP contribution in [0.15, 0.2) is 46.4 Å². The van der Waals surface area contributed by atoms with Gasteiger partial charge in [-0.2, -0.15) is 0 Å². The van der Waals surface area contributed by atoms with E-state index in [0.717, 1.165) is 23.5 Å². The van der Waals surface area contributed by atoms with Crippen LogP contribution in [0.2, 0.25) is 0 Å². The van der Waals surface area contributed by atoms with Crippen molar-refractivity contribution in [2.45, 2.75) is 163 Å². The highest BCUT2D eigenvalue weighted by molar-refractivity contribution is 6.31. The van der Waals surface area contributed by atoms with Crippen LogP contribution in [-0.2, 0) is 25.7 Å². The number of nitrogens with zero attached hydrogens (tertiary/aromatic N) is 2. The molecule has 0 radical (unpaired) electrons. The molecule has 0 aliphatic heterocycles. The lowest BCUT2D eigenvalue weighted by Crippen LogP contribution is -2.01. The zero-order chi connectivity index (χ0) is 29.5. The Morgan fingerprint density at radius 2 is 0.902 bits per heavy atom. The Hall–Kier alpha value is -2.22. The van der Waals surface area contributed by atoms with Crippen LogP contribution in [0.5, 0.6) is 0 Å². The lowest BCUT2D eigenvalue weighted by Gasteiger charge is -2.12. The monoisotopic (exact) mass is 558 g/mol. The van der Waals surface area contributed by atoms with Crippen LogP contribution in [-0.4, -0.2) is 11.9 Å². The van der Waals surface area contributed by atoms with Crippen LogP contribution < -0.4 is 0 Å². The highest BCUT2D eigenvalue weighted by Gasteiger charge is 2.07. The van der Waals surface area contributed by atoms with Crippen LogP contribution in [0, 0.1) is 0 Å². The number of rotatable bonds is 23. The Labute approximate surface area is 254 Å².